The summed E-state index contributed by atoms with van der Waals surface area (Å²) in [4.78, 5) is 0.213. The smallest absolute Gasteiger partial charge is 0.241 e. The lowest BCUT2D eigenvalue weighted by Gasteiger charge is -2.20. The van der Waals surface area contributed by atoms with E-state index in [0.717, 1.165) is 18.4 Å². The molecular weight excluding hydrogens is 402 g/mol. The molecule has 1 aliphatic rings. The van der Waals surface area contributed by atoms with E-state index >= 15 is 0 Å². The van der Waals surface area contributed by atoms with Gasteiger partial charge in [0, 0.05) is 6.04 Å². The molecule has 3 rings (SSSR count). The molecule has 25 heavy (non-hydrogen) atoms. The third kappa shape index (κ3) is 4.07. The number of methoxy groups -OCH3 is 1. The summed E-state index contributed by atoms with van der Waals surface area (Å²) in [6.07, 6.45) is 4.64. The van der Waals surface area contributed by atoms with Gasteiger partial charge in [0.2, 0.25) is 10.0 Å². The fourth-order valence-electron chi connectivity index (χ4n) is 3.21. The Labute approximate surface area is 157 Å². The molecule has 0 radical (unpaired) electrons. The fraction of sp³-hybridized carbons (Fsp3) is 0.368. The number of benzene rings is 2. The van der Waals surface area contributed by atoms with E-state index < -0.39 is 10.0 Å². The topological polar surface area (TPSA) is 55.4 Å². The second-order valence-electron chi connectivity index (χ2n) is 6.37. The maximum Gasteiger partial charge on any atom is 0.241 e. The van der Waals surface area contributed by atoms with Gasteiger partial charge in [0.1, 0.15) is 5.75 Å². The Morgan fingerprint density at radius 2 is 1.80 bits per heavy atom. The first-order valence-corrected chi connectivity index (χ1v) is 10.7. The van der Waals surface area contributed by atoms with Crippen molar-refractivity contribution >= 4 is 26.0 Å². The molecular formula is C19H22BrNO3S. The van der Waals surface area contributed by atoms with Gasteiger partial charge in [-0.1, -0.05) is 18.2 Å². The van der Waals surface area contributed by atoms with E-state index in [4.69, 9.17) is 4.74 Å². The average molecular weight is 424 g/mol. The highest BCUT2D eigenvalue weighted by Crippen LogP contribution is 2.29. The second kappa shape index (κ2) is 7.48. The fourth-order valence-corrected chi connectivity index (χ4v) is 5.16. The van der Waals surface area contributed by atoms with Gasteiger partial charge in [-0.3, -0.25) is 0 Å². The molecule has 0 saturated heterocycles. The first kappa shape index (κ1) is 18.4. The normalized spacial score (nSPS) is 15.5. The molecule has 2 aromatic carbocycles. The van der Waals surface area contributed by atoms with Gasteiger partial charge < -0.3 is 4.74 Å². The highest BCUT2D eigenvalue weighted by Gasteiger charge is 2.20. The highest BCUT2D eigenvalue weighted by atomic mass is 79.9. The molecule has 0 spiro atoms. The molecule has 0 fully saturated rings. The molecule has 0 bridgehead atoms. The summed E-state index contributed by atoms with van der Waals surface area (Å²) in [6, 6.07) is 10.8. The molecule has 2 aromatic rings. The maximum atomic E-state index is 12.7. The van der Waals surface area contributed by atoms with Crippen LogP contribution in [0.1, 0.15) is 42.5 Å². The first-order valence-electron chi connectivity index (χ1n) is 8.38. The number of fused-ring (bicyclic) bond motifs is 1. The SMILES string of the molecule is COc1ccc(S(=O)(=O)N[C@H](C)c2ccc3c(c2)CCCC3)cc1Br. The van der Waals surface area contributed by atoms with Gasteiger partial charge in [-0.25, -0.2) is 13.1 Å². The number of hydrogen-bond acceptors (Lipinski definition) is 3. The Hall–Kier alpha value is -1.37. The molecule has 134 valence electrons. The summed E-state index contributed by atoms with van der Waals surface area (Å²) in [5.74, 6) is 0.599. The van der Waals surface area contributed by atoms with Crippen molar-refractivity contribution in [2.45, 2.75) is 43.5 Å². The Morgan fingerprint density at radius 3 is 2.48 bits per heavy atom. The van der Waals surface area contributed by atoms with Gasteiger partial charge in [-0.2, -0.15) is 0 Å². The third-order valence-electron chi connectivity index (χ3n) is 4.64. The molecule has 0 aliphatic heterocycles. The lowest BCUT2D eigenvalue weighted by atomic mass is 9.89. The van der Waals surface area contributed by atoms with Crippen LogP contribution < -0.4 is 9.46 Å². The summed E-state index contributed by atoms with van der Waals surface area (Å²) >= 11 is 3.33. The first-order chi connectivity index (χ1) is 11.9. The van der Waals surface area contributed by atoms with Crippen molar-refractivity contribution in [2.75, 3.05) is 7.11 Å². The predicted octanol–water partition coefficient (Wildman–Crippen LogP) is 4.38. The van der Waals surface area contributed by atoms with E-state index in [-0.39, 0.29) is 10.9 Å². The van der Waals surface area contributed by atoms with Crippen molar-refractivity contribution in [3.8, 4) is 5.75 Å². The molecule has 1 aliphatic carbocycles. The zero-order valence-electron chi connectivity index (χ0n) is 14.4. The third-order valence-corrected chi connectivity index (χ3v) is 6.80. The standard InChI is InChI=1S/C19H22BrNO3S/c1-13(15-8-7-14-5-3-4-6-16(14)11-15)21-25(22,23)17-9-10-19(24-2)18(20)12-17/h7-13,21H,3-6H2,1-2H3/t13-/m1/s1. The summed E-state index contributed by atoms with van der Waals surface area (Å²) in [5.41, 5.74) is 3.74. The van der Waals surface area contributed by atoms with Crippen molar-refractivity contribution in [1.29, 1.82) is 0 Å². The van der Waals surface area contributed by atoms with Crippen molar-refractivity contribution in [2.24, 2.45) is 0 Å². The van der Waals surface area contributed by atoms with Crippen LogP contribution in [0.4, 0.5) is 0 Å². The number of ether oxygens (including phenoxy) is 1. The quantitative estimate of drug-likeness (QED) is 0.775. The minimum atomic E-state index is -3.61. The largest absolute Gasteiger partial charge is 0.496 e. The molecule has 0 unspecified atom stereocenters. The summed E-state index contributed by atoms with van der Waals surface area (Å²) in [5, 5.41) is 0. The summed E-state index contributed by atoms with van der Waals surface area (Å²) in [7, 11) is -2.07. The number of sulfonamides is 1. The van der Waals surface area contributed by atoms with Crippen LogP contribution in [0, 0.1) is 0 Å². The van der Waals surface area contributed by atoms with Crippen LogP contribution in [-0.2, 0) is 22.9 Å². The van der Waals surface area contributed by atoms with Crippen molar-refractivity contribution < 1.29 is 13.2 Å². The number of halogens is 1. The van der Waals surface area contributed by atoms with Crippen molar-refractivity contribution in [3.05, 3.63) is 57.6 Å². The van der Waals surface area contributed by atoms with Gasteiger partial charge in [0.05, 0.1) is 16.5 Å². The van der Waals surface area contributed by atoms with Gasteiger partial charge in [0.25, 0.3) is 0 Å². The Balaban J connectivity index is 1.81. The average Bonchev–Trinajstić information content (AvgIpc) is 2.60. The number of nitrogens with one attached hydrogen (secondary N) is 1. The van der Waals surface area contributed by atoms with Crippen molar-refractivity contribution in [3.63, 3.8) is 0 Å². The summed E-state index contributed by atoms with van der Waals surface area (Å²) < 4.78 is 33.9. The predicted molar refractivity (Wildman–Crippen MR) is 103 cm³/mol. The van der Waals surface area contributed by atoms with E-state index in [1.807, 2.05) is 13.0 Å². The lowest BCUT2D eigenvalue weighted by molar-refractivity contribution is 0.411. The van der Waals surface area contributed by atoms with Crippen LogP contribution in [0.15, 0.2) is 45.8 Å². The zero-order chi connectivity index (χ0) is 18.0. The highest BCUT2D eigenvalue weighted by molar-refractivity contribution is 9.10. The Morgan fingerprint density at radius 1 is 1.08 bits per heavy atom. The van der Waals surface area contributed by atoms with Gasteiger partial charge in [-0.05, 0) is 83.4 Å². The number of rotatable bonds is 5. The molecule has 1 N–H and O–H groups in total. The molecule has 0 aromatic heterocycles. The van der Waals surface area contributed by atoms with E-state index in [2.05, 4.69) is 32.8 Å². The van der Waals surface area contributed by atoms with Crippen LogP contribution >= 0.6 is 15.9 Å². The molecule has 1 atom stereocenters. The molecule has 4 nitrogen and oxygen atoms in total. The molecule has 0 saturated carbocycles. The van der Waals surface area contributed by atoms with Crippen LogP contribution in [0.25, 0.3) is 0 Å². The van der Waals surface area contributed by atoms with Crippen LogP contribution in [0.2, 0.25) is 0 Å². The Kier molecular flexibility index (Phi) is 5.51. The van der Waals surface area contributed by atoms with E-state index in [0.29, 0.717) is 10.2 Å². The van der Waals surface area contributed by atoms with E-state index in [1.165, 1.54) is 24.0 Å². The van der Waals surface area contributed by atoms with Gasteiger partial charge >= 0.3 is 0 Å². The van der Waals surface area contributed by atoms with E-state index in [9.17, 15) is 8.42 Å². The molecule has 0 heterocycles. The maximum absolute atomic E-state index is 12.7. The van der Waals surface area contributed by atoms with E-state index in [1.54, 1.807) is 25.3 Å². The lowest BCUT2D eigenvalue weighted by Crippen LogP contribution is -2.27. The van der Waals surface area contributed by atoms with Gasteiger partial charge in [-0.15, -0.1) is 0 Å². The van der Waals surface area contributed by atoms with Crippen LogP contribution in [0.5, 0.6) is 5.75 Å². The number of hydrogen-bond donors (Lipinski definition) is 1. The minimum Gasteiger partial charge on any atom is -0.496 e. The molecule has 0 amide bonds. The Bertz CT molecular complexity index is 880. The van der Waals surface area contributed by atoms with Gasteiger partial charge in [0.15, 0.2) is 0 Å². The van der Waals surface area contributed by atoms with Crippen LogP contribution in [0.3, 0.4) is 0 Å². The zero-order valence-corrected chi connectivity index (χ0v) is 16.8. The van der Waals surface area contributed by atoms with Crippen LogP contribution in [-0.4, -0.2) is 15.5 Å². The molecule has 6 heteroatoms. The number of aryl methyl sites for hydroxylation is 2. The minimum absolute atomic E-state index is 0.213. The summed E-state index contributed by atoms with van der Waals surface area (Å²) in [6.45, 7) is 1.88. The monoisotopic (exact) mass is 423 g/mol. The second-order valence-corrected chi connectivity index (χ2v) is 8.94. The van der Waals surface area contributed by atoms with Crippen molar-refractivity contribution in [1.82, 2.24) is 4.72 Å².